The number of benzene rings is 1. The first-order valence-electron chi connectivity index (χ1n) is 3.58. The molecule has 0 unspecified atom stereocenters. The standard InChI is InChI=1S/C9H10BrFO/c1-6-3-7(5-10)9(11)8(4-6)12-2/h3-4H,5H2,1-2H3. The van der Waals surface area contributed by atoms with Crippen LogP contribution in [0, 0.1) is 12.7 Å². The number of hydrogen-bond acceptors (Lipinski definition) is 1. The fraction of sp³-hybridized carbons (Fsp3) is 0.333. The Morgan fingerprint density at radius 2 is 2.17 bits per heavy atom. The van der Waals surface area contributed by atoms with E-state index in [-0.39, 0.29) is 5.82 Å². The zero-order chi connectivity index (χ0) is 9.14. The van der Waals surface area contributed by atoms with E-state index in [0.29, 0.717) is 16.6 Å². The first-order valence-corrected chi connectivity index (χ1v) is 4.70. The van der Waals surface area contributed by atoms with Crippen molar-refractivity contribution >= 4 is 15.9 Å². The number of rotatable bonds is 2. The molecule has 0 radical (unpaired) electrons. The van der Waals surface area contributed by atoms with E-state index >= 15 is 0 Å². The average Bonchev–Trinajstić information content (AvgIpc) is 2.08. The second kappa shape index (κ2) is 3.90. The molecule has 12 heavy (non-hydrogen) atoms. The van der Waals surface area contributed by atoms with Gasteiger partial charge in [0.05, 0.1) is 7.11 Å². The van der Waals surface area contributed by atoms with Crippen molar-refractivity contribution in [3.8, 4) is 5.75 Å². The summed E-state index contributed by atoms with van der Waals surface area (Å²) in [6, 6.07) is 3.48. The van der Waals surface area contributed by atoms with Gasteiger partial charge in [-0.05, 0) is 18.6 Å². The van der Waals surface area contributed by atoms with Gasteiger partial charge in [-0.15, -0.1) is 0 Å². The summed E-state index contributed by atoms with van der Waals surface area (Å²) in [7, 11) is 1.47. The van der Waals surface area contributed by atoms with Gasteiger partial charge in [0.15, 0.2) is 11.6 Å². The Hall–Kier alpha value is -0.570. The molecule has 0 N–H and O–H groups in total. The van der Waals surface area contributed by atoms with Crippen molar-refractivity contribution in [2.75, 3.05) is 7.11 Å². The summed E-state index contributed by atoms with van der Waals surface area (Å²) in [6.45, 7) is 1.91. The van der Waals surface area contributed by atoms with Crippen molar-refractivity contribution < 1.29 is 9.13 Å². The van der Waals surface area contributed by atoms with E-state index in [4.69, 9.17) is 4.74 Å². The molecule has 0 saturated carbocycles. The van der Waals surface area contributed by atoms with Gasteiger partial charge in [0.2, 0.25) is 0 Å². The van der Waals surface area contributed by atoms with Crippen LogP contribution in [0.5, 0.6) is 5.75 Å². The largest absolute Gasteiger partial charge is 0.494 e. The van der Waals surface area contributed by atoms with Gasteiger partial charge < -0.3 is 4.74 Å². The van der Waals surface area contributed by atoms with Gasteiger partial charge in [-0.25, -0.2) is 4.39 Å². The average molecular weight is 233 g/mol. The molecule has 0 aromatic heterocycles. The fourth-order valence-corrected chi connectivity index (χ4v) is 1.46. The molecule has 1 rings (SSSR count). The van der Waals surface area contributed by atoms with E-state index in [2.05, 4.69) is 15.9 Å². The van der Waals surface area contributed by atoms with Crippen LogP contribution in [0.15, 0.2) is 12.1 Å². The van der Waals surface area contributed by atoms with E-state index in [1.165, 1.54) is 7.11 Å². The predicted molar refractivity (Wildman–Crippen MR) is 50.3 cm³/mol. The zero-order valence-corrected chi connectivity index (χ0v) is 8.61. The van der Waals surface area contributed by atoms with Crippen LogP contribution >= 0.6 is 15.9 Å². The lowest BCUT2D eigenvalue weighted by atomic mass is 10.1. The van der Waals surface area contributed by atoms with Crippen molar-refractivity contribution in [3.63, 3.8) is 0 Å². The van der Waals surface area contributed by atoms with Crippen LogP contribution in [0.4, 0.5) is 4.39 Å². The number of halogens is 2. The predicted octanol–water partition coefficient (Wildman–Crippen LogP) is 3.04. The Morgan fingerprint density at radius 3 is 2.67 bits per heavy atom. The van der Waals surface area contributed by atoms with Crippen molar-refractivity contribution in [1.82, 2.24) is 0 Å². The van der Waals surface area contributed by atoms with E-state index < -0.39 is 0 Å². The molecule has 0 bridgehead atoms. The third-order valence-corrected chi connectivity index (χ3v) is 2.23. The Bertz CT molecular complexity index is 261. The summed E-state index contributed by atoms with van der Waals surface area (Å²) in [6.07, 6.45) is 0. The summed E-state index contributed by atoms with van der Waals surface area (Å²) in [5.74, 6) is 0.0319. The van der Waals surface area contributed by atoms with Crippen LogP contribution in [0.1, 0.15) is 11.1 Å². The van der Waals surface area contributed by atoms with Crippen LogP contribution in [0.3, 0.4) is 0 Å². The molecular weight excluding hydrogens is 223 g/mol. The molecule has 0 heterocycles. The molecule has 0 amide bonds. The molecule has 0 atom stereocenters. The Kier molecular flexibility index (Phi) is 3.09. The van der Waals surface area contributed by atoms with Gasteiger partial charge in [-0.3, -0.25) is 0 Å². The van der Waals surface area contributed by atoms with Crippen LogP contribution in [0.25, 0.3) is 0 Å². The van der Waals surface area contributed by atoms with Crippen LogP contribution < -0.4 is 4.74 Å². The Labute approximate surface area is 79.7 Å². The number of hydrogen-bond donors (Lipinski definition) is 0. The van der Waals surface area contributed by atoms with Crippen molar-refractivity contribution in [2.45, 2.75) is 12.3 Å². The molecule has 1 aromatic rings. The highest BCUT2D eigenvalue weighted by molar-refractivity contribution is 9.08. The van der Waals surface area contributed by atoms with Gasteiger partial charge in [0.1, 0.15) is 0 Å². The molecule has 0 aliphatic carbocycles. The van der Waals surface area contributed by atoms with Crippen molar-refractivity contribution in [2.24, 2.45) is 0 Å². The van der Waals surface area contributed by atoms with E-state index in [9.17, 15) is 4.39 Å². The molecule has 0 aliphatic heterocycles. The Morgan fingerprint density at radius 1 is 1.50 bits per heavy atom. The van der Waals surface area contributed by atoms with Gasteiger partial charge in [0.25, 0.3) is 0 Å². The van der Waals surface area contributed by atoms with E-state index in [1.54, 1.807) is 12.1 Å². The van der Waals surface area contributed by atoms with Crippen molar-refractivity contribution in [1.29, 1.82) is 0 Å². The molecule has 0 aliphatic rings. The number of methoxy groups -OCH3 is 1. The fourth-order valence-electron chi connectivity index (χ4n) is 1.05. The number of aryl methyl sites for hydroxylation is 1. The molecular formula is C9H10BrFO. The second-order valence-electron chi connectivity index (χ2n) is 2.57. The third kappa shape index (κ3) is 1.78. The monoisotopic (exact) mass is 232 g/mol. The maximum absolute atomic E-state index is 13.3. The lowest BCUT2D eigenvalue weighted by Crippen LogP contribution is -1.93. The maximum Gasteiger partial charge on any atom is 0.169 e. The first-order chi connectivity index (χ1) is 5.69. The smallest absolute Gasteiger partial charge is 0.169 e. The molecule has 0 saturated heterocycles. The normalized spacial score (nSPS) is 10.0. The Balaban J connectivity index is 3.22. The lowest BCUT2D eigenvalue weighted by Gasteiger charge is -2.06. The van der Waals surface area contributed by atoms with Gasteiger partial charge in [0, 0.05) is 10.9 Å². The van der Waals surface area contributed by atoms with Gasteiger partial charge in [-0.2, -0.15) is 0 Å². The van der Waals surface area contributed by atoms with Gasteiger partial charge in [-0.1, -0.05) is 22.0 Å². The molecule has 3 heteroatoms. The third-order valence-electron chi connectivity index (χ3n) is 1.62. The first kappa shape index (κ1) is 9.52. The highest BCUT2D eigenvalue weighted by Gasteiger charge is 2.08. The molecule has 1 nitrogen and oxygen atoms in total. The van der Waals surface area contributed by atoms with Crippen LogP contribution in [0.2, 0.25) is 0 Å². The molecule has 66 valence electrons. The maximum atomic E-state index is 13.3. The SMILES string of the molecule is COc1cc(C)cc(CBr)c1F. The summed E-state index contributed by atoms with van der Waals surface area (Å²) >= 11 is 3.21. The molecule has 0 spiro atoms. The highest BCUT2D eigenvalue weighted by atomic mass is 79.9. The molecule has 0 fully saturated rings. The number of alkyl halides is 1. The summed E-state index contributed by atoms with van der Waals surface area (Å²) in [5.41, 5.74) is 1.63. The second-order valence-corrected chi connectivity index (χ2v) is 3.13. The van der Waals surface area contributed by atoms with Crippen LogP contribution in [-0.2, 0) is 5.33 Å². The highest BCUT2D eigenvalue weighted by Crippen LogP contribution is 2.23. The van der Waals surface area contributed by atoms with E-state index in [1.807, 2.05) is 6.92 Å². The minimum Gasteiger partial charge on any atom is -0.494 e. The lowest BCUT2D eigenvalue weighted by molar-refractivity contribution is 0.384. The quantitative estimate of drug-likeness (QED) is 0.713. The summed E-state index contributed by atoms with van der Waals surface area (Å²) in [4.78, 5) is 0. The van der Waals surface area contributed by atoms with Crippen molar-refractivity contribution in [3.05, 3.63) is 29.1 Å². The topological polar surface area (TPSA) is 9.23 Å². The van der Waals surface area contributed by atoms with Crippen LogP contribution in [-0.4, -0.2) is 7.11 Å². The zero-order valence-electron chi connectivity index (χ0n) is 7.03. The summed E-state index contributed by atoms with van der Waals surface area (Å²) in [5, 5.41) is 0.511. The minimum absolute atomic E-state index is 0.278. The van der Waals surface area contributed by atoms with E-state index in [0.717, 1.165) is 5.56 Å². The minimum atomic E-state index is -0.278. The van der Waals surface area contributed by atoms with Gasteiger partial charge >= 0.3 is 0 Å². The number of ether oxygens (including phenoxy) is 1. The summed E-state index contributed by atoms with van der Waals surface area (Å²) < 4.78 is 18.2. The molecule has 1 aromatic carbocycles.